The van der Waals surface area contributed by atoms with Gasteiger partial charge in [-0.2, -0.15) is 0 Å². The molecule has 4 rings (SSSR count). The lowest BCUT2D eigenvalue weighted by Gasteiger charge is -2.27. The number of anilines is 1. The van der Waals surface area contributed by atoms with Crippen LogP contribution in [0.3, 0.4) is 0 Å². The van der Waals surface area contributed by atoms with Gasteiger partial charge in [0.1, 0.15) is 16.8 Å². The minimum atomic E-state index is -1.52. The topological polar surface area (TPSA) is 63.7 Å². The number of halogens is 1. The molecule has 0 saturated carbocycles. The van der Waals surface area contributed by atoms with Gasteiger partial charge in [0, 0.05) is 11.1 Å². The molecule has 0 saturated heterocycles. The van der Waals surface area contributed by atoms with Crippen LogP contribution in [0.2, 0.25) is 0 Å². The Morgan fingerprint density at radius 2 is 1.53 bits per heavy atom. The zero-order chi connectivity index (χ0) is 24.5. The van der Waals surface area contributed by atoms with Crippen LogP contribution >= 0.6 is 0 Å². The molecule has 3 aromatic carbocycles. The number of carbonyl (C=O) groups excluding carboxylic acids is 3. The van der Waals surface area contributed by atoms with E-state index < -0.39 is 28.8 Å². The number of fused-ring (bicyclic) bond motifs is 1. The zero-order valence-electron chi connectivity index (χ0n) is 19.1. The highest BCUT2D eigenvalue weighted by molar-refractivity contribution is 6.23. The zero-order valence-corrected chi connectivity index (χ0v) is 19.1. The summed E-state index contributed by atoms with van der Waals surface area (Å²) in [5, 5.41) is 0. The first-order chi connectivity index (χ1) is 16.1. The second-order valence-corrected chi connectivity index (χ2v) is 9.02. The van der Waals surface area contributed by atoms with Crippen molar-refractivity contribution in [3.63, 3.8) is 0 Å². The summed E-state index contributed by atoms with van der Waals surface area (Å²) < 4.78 is 19.3. The Labute approximate surface area is 197 Å². The van der Waals surface area contributed by atoms with E-state index in [4.69, 9.17) is 4.74 Å². The molecule has 2 amide bonds. The molecule has 0 unspecified atom stereocenters. The van der Waals surface area contributed by atoms with Gasteiger partial charge >= 0.3 is 6.09 Å². The third-order valence-corrected chi connectivity index (χ3v) is 5.53. The van der Waals surface area contributed by atoms with Gasteiger partial charge < -0.3 is 4.74 Å². The molecule has 1 heterocycles. The molecule has 0 N–H and O–H groups in total. The molecule has 0 fully saturated rings. The highest BCUT2D eigenvalue weighted by Crippen LogP contribution is 2.47. The SMILES string of the molecule is CC(C)(C)OC(=O)N1C(=O)[C@@](/C=C\C(=O)c2ccccc2)(c2ccc(F)cc2)c2ccccc21. The molecule has 0 aromatic heterocycles. The molecular formula is C28H24FNO4. The Bertz CT molecular complexity index is 1280. The quantitative estimate of drug-likeness (QED) is 0.365. The summed E-state index contributed by atoms with van der Waals surface area (Å²) in [6, 6.07) is 20.9. The van der Waals surface area contributed by atoms with Gasteiger partial charge in [-0.15, -0.1) is 0 Å². The van der Waals surface area contributed by atoms with Crippen LogP contribution in [0.5, 0.6) is 0 Å². The van der Waals surface area contributed by atoms with E-state index >= 15 is 0 Å². The molecule has 1 aliphatic rings. The molecule has 1 aliphatic heterocycles. The maximum Gasteiger partial charge on any atom is 0.421 e. The number of hydrogen-bond donors (Lipinski definition) is 0. The second kappa shape index (κ2) is 8.71. The van der Waals surface area contributed by atoms with Gasteiger partial charge in [0.25, 0.3) is 5.91 Å². The van der Waals surface area contributed by atoms with Gasteiger partial charge in [0.05, 0.1) is 5.69 Å². The van der Waals surface area contributed by atoms with Gasteiger partial charge in [-0.1, -0.05) is 66.7 Å². The lowest BCUT2D eigenvalue weighted by molar-refractivity contribution is -0.120. The van der Waals surface area contributed by atoms with Crippen LogP contribution in [0.25, 0.3) is 0 Å². The molecule has 5 nitrogen and oxygen atoms in total. The summed E-state index contributed by atoms with van der Waals surface area (Å²) in [4.78, 5) is 41.0. The van der Waals surface area contributed by atoms with Crippen LogP contribution < -0.4 is 4.90 Å². The molecule has 0 radical (unpaired) electrons. The van der Waals surface area contributed by atoms with E-state index in [1.54, 1.807) is 75.4 Å². The number of ether oxygens (including phenoxy) is 1. The lowest BCUT2D eigenvalue weighted by atomic mass is 9.75. The summed E-state index contributed by atoms with van der Waals surface area (Å²) >= 11 is 0. The Morgan fingerprint density at radius 3 is 2.18 bits per heavy atom. The van der Waals surface area contributed by atoms with E-state index in [2.05, 4.69) is 0 Å². The largest absolute Gasteiger partial charge is 0.443 e. The summed E-state index contributed by atoms with van der Waals surface area (Å²) in [7, 11) is 0. The Balaban J connectivity index is 1.90. The molecule has 0 bridgehead atoms. The van der Waals surface area contributed by atoms with Crippen molar-refractivity contribution < 1.29 is 23.5 Å². The molecule has 0 spiro atoms. The van der Waals surface area contributed by atoms with E-state index in [0.717, 1.165) is 4.90 Å². The third-order valence-electron chi connectivity index (χ3n) is 5.53. The van der Waals surface area contributed by atoms with Gasteiger partial charge in [0.2, 0.25) is 0 Å². The first kappa shape index (κ1) is 23.1. The van der Waals surface area contributed by atoms with Crippen molar-refractivity contribution in [1.82, 2.24) is 0 Å². The number of carbonyl (C=O) groups is 3. The van der Waals surface area contributed by atoms with E-state index in [-0.39, 0.29) is 5.78 Å². The van der Waals surface area contributed by atoms with Gasteiger partial charge in [-0.05, 0) is 50.6 Å². The van der Waals surface area contributed by atoms with Crippen LogP contribution in [0.15, 0.2) is 91.0 Å². The minimum Gasteiger partial charge on any atom is -0.443 e. The van der Waals surface area contributed by atoms with Gasteiger partial charge in [-0.25, -0.2) is 14.1 Å². The number of allylic oxidation sites excluding steroid dienone is 1. The Hall–Kier alpha value is -4.06. The van der Waals surface area contributed by atoms with Crippen molar-refractivity contribution in [2.75, 3.05) is 4.90 Å². The number of benzene rings is 3. The van der Waals surface area contributed by atoms with Crippen molar-refractivity contribution in [2.45, 2.75) is 31.8 Å². The highest BCUT2D eigenvalue weighted by atomic mass is 19.1. The predicted octanol–water partition coefficient (Wildman–Crippen LogP) is 5.83. The van der Waals surface area contributed by atoms with Crippen LogP contribution in [0.4, 0.5) is 14.9 Å². The molecule has 172 valence electrons. The minimum absolute atomic E-state index is 0.303. The first-order valence-electron chi connectivity index (χ1n) is 10.9. The molecule has 3 aromatic rings. The normalized spacial score (nSPS) is 17.6. The number of hydrogen-bond acceptors (Lipinski definition) is 4. The fraction of sp³-hybridized carbons (Fsp3) is 0.179. The molecule has 1 atom stereocenters. The molecule has 34 heavy (non-hydrogen) atoms. The van der Waals surface area contributed by atoms with Crippen molar-refractivity contribution in [3.8, 4) is 0 Å². The van der Waals surface area contributed by atoms with Crippen LogP contribution in [0, 0.1) is 5.82 Å². The summed E-state index contributed by atoms with van der Waals surface area (Å²) in [6.45, 7) is 5.13. The lowest BCUT2D eigenvalue weighted by Crippen LogP contribution is -2.45. The van der Waals surface area contributed by atoms with Crippen LogP contribution in [-0.2, 0) is 14.9 Å². The molecule has 0 aliphatic carbocycles. The van der Waals surface area contributed by atoms with Crippen LogP contribution in [0.1, 0.15) is 42.3 Å². The smallest absolute Gasteiger partial charge is 0.421 e. The fourth-order valence-electron chi connectivity index (χ4n) is 4.04. The van der Waals surface area contributed by atoms with E-state index in [1.165, 1.54) is 36.4 Å². The molecular weight excluding hydrogens is 433 g/mol. The Morgan fingerprint density at radius 1 is 0.912 bits per heavy atom. The average Bonchev–Trinajstić information content (AvgIpc) is 3.06. The standard InChI is InChI=1S/C28H24FNO4/c1-27(2,3)34-26(33)30-23-12-8-7-11-22(23)28(25(30)32,20-13-15-21(29)16-14-20)18-17-24(31)19-9-5-4-6-10-19/h4-18H,1-3H3/b18-17-/t28-/m0/s1. The maximum atomic E-state index is 14.0. The summed E-state index contributed by atoms with van der Waals surface area (Å²) in [5.41, 5.74) is -0.624. The van der Waals surface area contributed by atoms with Gasteiger partial charge in [0.15, 0.2) is 5.78 Å². The van der Waals surface area contributed by atoms with E-state index in [1.807, 2.05) is 0 Å². The van der Waals surface area contributed by atoms with Crippen molar-refractivity contribution >= 4 is 23.5 Å². The van der Waals surface area contributed by atoms with Crippen molar-refractivity contribution in [3.05, 3.63) is 114 Å². The fourth-order valence-corrected chi connectivity index (χ4v) is 4.04. The first-order valence-corrected chi connectivity index (χ1v) is 10.9. The van der Waals surface area contributed by atoms with Crippen LogP contribution in [-0.4, -0.2) is 23.4 Å². The van der Waals surface area contributed by atoms with E-state index in [9.17, 15) is 18.8 Å². The number of imide groups is 1. The molecule has 6 heteroatoms. The van der Waals surface area contributed by atoms with Crippen molar-refractivity contribution in [2.24, 2.45) is 0 Å². The number of nitrogens with zero attached hydrogens (tertiary/aromatic N) is 1. The third kappa shape index (κ3) is 4.15. The number of amides is 2. The number of para-hydroxylation sites is 1. The van der Waals surface area contributed by atoms with Crippen molar-refractivity contribution in [1.29, 1.82) is 0 Å². The van der Waals surface area contributed by atoms with Gasteiger partial charge in [-0.3, -0.25) is 9.59 Å². The maximum absolute atomic E-state index is 14.0. The summed E-state index contributed by atoms with van der Waals surface area (Å²) in [5.74, 6) is -1.37. The second-order valence-electron chi connectivity index (χ2n) is 9.02. The summed E-state index contributed by atoms with van der Waals surface area (Å²) in [6.07, 6.45) is 1.99. The highest BCUT2D eigenvalue weighted by Gasteiger charge is 2.53. The Kier molecular flexibility index (Phi) is 5.92. The number of rotatable bonds is 4. The van der Waals surface area contributed by atoms with E-state index in [0.29, 0.717) is 22.4 Å². The average molecular weight is 458 g/mol. The predicted molar refractivity (Wildman–Crippen MR) is 127 cm³/mol. The monoisotopic (exact) mass is 457 g/mol. The number of ketones is 1.